The molecule has 0 aliphatic carbocycles. The molecule has 0 spiro atoms. The van der Waals surface area contributed by atoms with E-state index < -0.39 is 6.04 Å². The van der Waals surface area contributed by atoms with Gasteiger partial charge in [0.25, 0.3) is 0 Å². The highest BCUT2D eigenvalue weighted by Crippen LogP contribution is 2.27. The van der Waals surface area contributed by atoms with Crippen LogP contribution in [0.4, 0.5) is 16.2 Å². The summed E-state index contributed by atoms with van der Waals surface area (Å²) < 4.78 is 0. The van der Waals surface area contributed by atoms with E-state index in [1.54, 1.807) is 12.1 Å². The molecule has 2 aliphatic heterocycles. The number of anilines is 2. The van der Waals surface area contributed by atoms with Gasteiger partial charge in [0.15, 0.2) is 0 Å². The van der Waals surface area contributed by atoms with Gasteiger partial charge in [0.1, 0.15) is 11.8 Å². The second-order valence-electron chi connectivity index (χ2n) is 13.5. The molecule has 2 aromatic carbocycles. The van der Waals surface area contributed by atoms with Crippen molar-refractivity contribution in [2.24, 2.45) is 11.8 Å². The van der Waals surface area contributed by atoms with Gasteiger partial charge in [-0.05, 0) is 92.3 Å². The van der Waals surface area contributed by atoms with Crippen molar-refractivity contribution < 1.29 is 14.7 Å². The number of rotatable bonds is 12. The standard InChI is InChI=1S/C36H55N5O3/c1-27(2)17-24-41(31-13-11-30(12-14-31)37-26-29-9-15-33(42)16-10-29)32-18-22-39(23-19-32)35(43)34(25-28(3)4)38-36(44)40-20-7-5-6-8-21-40/h9-16,27-28,32,34,37,42H,5-8,17-26H2,1-4H3,(H,38,44)/t34-/m0/s1. The lowest BCUT2D eigenvalue weighted by Crippen LogP contribution is -2.55. The summed E-state index contributed by atoms with van der Waals surface area (Å²) in [6.07, 6.45) is 8.02. The molecule has 2 heterocycles. The first-order chi connectivity index (χ1) is 21.2. The molecule has 2 aliphatic rings. The normalized spacial score (nSPS) is 17.0. The van der Waals surface area contributed by atoms with Crippen LogP contribution >= 0.6 is 0 Å². The topological polar surface area (TPSA) is 88.1 Å². The molecule has 3 N–H and O–H groups in total. The number of benzene rings is 2. The van der Waals surface area contributed by atoms with Crippen molar-refractivity contribution in [2.45, 2.75) is 97.7 Å². The fourth-order valence-electron chi connectivity index (χ4n) is 6.33. The van der Waals surface area contributed by atoms with E-state index in [4.69, 9.17) is 0 Å². The quantitative estimate of drug-likeness (QED) is 0.246. The largest absolute Gasteiger partial charge is 0.508 e. The minimum absolute atomic E-state index is 0.0677. The number of nitrogens with one attached hydrogen (secondary N) is 2. The van der Waals surface area contributed by atoms with Crippen LogP contribution < -0.4 is 15.5 Å². The molecule has 8 nitrogen and oxygen atoms in total. The van der Waals surface area contributed by atoms with Crippen LogP contribution in [0.25, 0.3) is 0 Å². The summed E-state index contributed by atoms with van der Waals surface area (Å²) in [6.45, 7) is 13.4. The molecule has 0 unspecified atom stereocenters. The summed E-state index contributed by atoms with van der Waals surface area (Å²) in [5.41, 5.74) is 3.39. The Labute approximate surface area is 265 Å². The van der Waals surface area contributed by atoms with Gasteiger partial charge in [-0.1, -0.05) is 52.7 Å². The third-order valence-electron chi connectivity index (χ3n) is 8.99. The predicted octanol–water partition coefficient (Wildman–Crippen LogP) is 6.85. The van der Waals surface area contributed by atoms with Crippen molar-refractivity contribution in [1.29, 1.82) is 0 Å². The number of carbonyl (C=O) groups is 2. The SMILES string of the molecule is CC(C)CCN(c1ccc(NCc2ccc(O)cc2)cc1)C1CCN(C(=O)[C@H](CC(C)C)NC(=O)N2CCCCCC2)CC1. The van der Waals surface area contributed by atoms with E-state index >= 15 is 0 Å². The van der Waals surface area contributed by atoms with E-state index in [-0.39, 0.29) is 17.7 Å². The van der Waals surface area contributed by atoms with Gasteiger partial charge in [-0.25, -0.2) is 4.79 Å². The van der Waals surface area contributed by atoms with E-state index in [1.165, 1.54) is 18.5 Å². The first kappa shape index (κ1) is 33.5. The predicted molar refractivity (Wildman–Crippen MR) is 180 cm³/mol. The van der Waals surface area contributed by atoms with Gasteiger partial charge in [0, 0.05) is 56.7 Å². The van der Waals surface area contributed by atoms with Gasteiger partial charge in [0.05, 0.1) is 0 Å². The maximum absolute atomic E-state index is 13.8. The summed E-state index contributed by atoms with van der Waals surface area (Å²) in [4.78, 5) is 33.3. The number of amides is 3. The van der Waals surface area contributed by atoms with Crippen LogP contribution in [-0.4, -0.2) is 71.7 Å². The summed E-state index contributed by atoms with van der Waals surface area (Å²) >= 11 is 0. The minimum atomic E-state index is -0.471. The van der Waals surface area contributed by atoms with Gasteiger partial charge >= 0.3 is 6.03 Å². The zero-order valence-corrected chi connectivity index (χ0v) is 27.4. The lowest BCUT2D eigenvalue weighted by atomic mass is 9.98. The van der Waals surface area contributed by atoms with Gasteiger partial charge < -0.3 is 30.4 Å². The lowest BCUT2D eigenvalue weighted by Gasteiger charge is -2.41. The van der Waals surface area contributed by atoms with Crippen LogP contribution in [0.2, 0.25) is 0 Å². The van der Waals surface area contributed by atoms with Crippen LogP contribution in [0.5, 0.6) is 5.75 Å². The molecule has 2 saturated heterocycles. The van der Waals surface area contributed by atoms with Crippen LogP contribution in [0.15, 0.2) is 48.5 Å². The lowest BCUT2D eigenvalue weighted by molar-refractivity contribution is -0.134. The van der Waals surface area contributed by atoms with Gasteiger partial charge in [-0.15, -0.1) is 0 Å². The van der Waals surface area contributed by atoms with Crippen molar-refractivity contribution in [2.75, 3.05) is 42.9 Å². The number of aromatic hydroxyl groups is 1. The third-order valence-corrected chi connectivity index (χ3v) is 8.99. The second kappa shape index (κ2) is 16.6. The molecule has 1 atom stereocenters. The Hall–Kier alpha value is -3.42. The van der Waals surface area contributed by atoms with Gasteiger partial charge in [-0.3, -0.25) is 4.79 Å². The number of likely N-dealkylation sites (tertiary alicyclic amines) is 2. The Kier molecular flexibility index (Phi) is 12.6. The first-order valence-electron chi connectivity index (χ1n) is 16.9. The zero-order valence-electron chi connectivity index (χ0n) is 27.4. The summed E-state index contributed by atoms with van der Waals surface area (Å²) in [5.74, 6) is 1.27. The number of phenolic OH excluding ortho intramolecular Hbond substituents is 1. The van der Waals surface area contributed by atoms with Gasteiger partial charge in [-0.2, -0.15) is 0 Å². The Balaban J connectivity index is 1.36. The maximum atomic E-state index is 13.8. The minimum Gasteiger partial charge on any atom is -0.508 e. The van der Waals surface area contributed by atoms with E-state index in [1.807, 2.05) is 21.9 Å². The summed E-state index contributed by atoms with van der Waals surface area (Å²) in [7, 11) is 0. The van der Waals surface area contributed by atoms with Crippen molar-refractivity contribution in [1.82, 2.24) is 15.1 Å². The molecule has 0 bridgehead atoms. The average molecular weight is 606 g/mol. The molecule has 0 aromatic heterocycles. The summed E-state index contributed by atoms with van der Waals surface area (Å²) in [5, 5.41) is 16.1. The number of piperidine rings is 1. The molecule has 0 saturated carbocycles. The molecular weight excluding hydrogens is 550 g/mol. The van der Waals surface area contributed by atoms with E-state index in [0.717, 1.165) is 63.0 Å². The monoisotopic (exact) mass is 605 g/mol. The van der Waals surface area contributed by atoms with Gasteiger partial charge in [0.2, 0.25) is 5.91 Å². The van der Waals surface area contributed by atoms with Crippen LogP contribution in [0.1, 0.15) is 84.6 Å². The Morgan fingerprint density at radius 1 is 0.841 bits per heavy atom. The molecule has 3 amide bonds. The highest BCUT2D eigenvalue weighted by Gasteiger charge is 2.32. The zero-order chi connectivity index (χ0) is 31.5. The number of phenols is 1. The molecule has 8 heteroatoms. The summed E-state index contributed by atoms with van der Waals surface area (Å²) in [6, 6.07) is 15.8. The van der Waals surface area contributed by atoms with Crippen molar-refractivity contribution in [3.63, 3.8) is 0 Å². The molecular formula is C36H55N5O3. The first-order valence-corrected chi connectivity index (χ1v) is 16.9. The van der Waals surface area contributed by atoms with Crippen molar-refractivity contribution >= 4 is 23.3 Å². The van der Waals surface area contributed by atoms with Crippen molar-refractivity contribution in [3.05, 3.63) is 54.1 Å². The Bertz CT molecular complexity index is 1150. The van der Waals surface area contributed by atoms with Crippen molar-refractivity contribution in [3.8, 4) is 5.75 Å². The number of carbonyl (C=O) groups excluding carboxylic acids is 2. The van der Waals surface area contributed by atoms with E-state index in [0.29, 0.717) is 43.9 Å². The second-order valence-corrected chi connectivity index (χ2v) is 13.5. The van der Waals surface area contributed by atoms with E-state index in [9.17, 15) is 14.7 Å². The number of hydrogen-bond acceptors (Lipinski definition) is 5. The maximum Gasteiger partial charge on any atom is 0.318 e. The highest BCUT2D eigenvalue weighted by atomic mass is 16.3. The molecule has 242 valence electrons. The van der Waals surface area contributed by atoms with Crippen LogP contribution in [-0.2, 0) is 11.3 Å². The molecule has 2 fully saturated rings. The highest BCUT2D eigenvalue weighted by molar-refractivity contribution is 5.87. The molecule has 4 rings (SSSR count). The Morgan fingerprint density at radius 3 is 2.07 bits per heavy atom. The number of urea groups is 1. The molecule has 2 aromatic rings. The Morgan fingerprint density at radius 2 is 1.48 bits per heavy atom. The fourth-order valence-corrected chi connectivity index (χ4v) is 6.33. The number of hydrogen-bond donors (Lipinski definition) is 3. The molecule has 44 heavy (non-hydrogen) atoms. The number of nitrogens with zero attached hydrogens (tertiary/aromatic N) is 3. The molecule has 0 radical (unpaired) electrons. The fraction of sp³-hybridized carbons (Fsp3) is 0.611. The average Bonchev–Trinajstić information content (AvgIpc) is 3.31. The third kappa shape index (κ3) is 10.1. The van der Waals surface area contributed by atoms with E-state index in [2.05, 4.69) is 67.5 Å². The van der Waals surface area contributed by atoms with Crippen LogP contribution in [0, 0.1) is 11.8 Å². The van der Waals surface area contributed by atoms with Crippen LogP contribution in [0.3, 0.4) is 0 Å². The smallest absolute Gasteiger partial charge is 0.318 e.